The standard InChI is InChI=1S/C17H18FN5/c1-12-11-15(22-9-5-2-6-10-22)23-17(19-12)20-16(21-23)13-7-3-4-8-14(13)18/h3-4,7-8,11H,2,5-6,9-10H2,1H3. The largest absolute Gasteiger partial charge is 0.356 e. The average Bonchev–Trinajstić information content (AvgIpc) is 2.99. The van der Waals surface area contributed by atoms with Crippen molar-refractivity contribution >= 4 is 11.6 Å². The summed E-state index contributed by atoms with van der Waals surface area (Å²) in [4.78, 5) is 11.2. The van der Waals surface area contributed by atoms with Gasteiger partial charge in [0.1, 0.15) is 11.6 Å². The molecule has 1 aromatic carbocycles. The Bertz CT molecular complexity index is 851. The van der Waals surface area contributed by atoms with Crippen LogP contribution in [-0.4, -0.2) is 32.7 Å². The lowest BCUT2D eigenvalue weighted by Gasteiger charge is -2.28. The van der Waals surface area contributed by atoms with Crippen molar-refractivity contribution in [2.75, 3.05) is 18.0 Å². The third kappa shape index (κ3) is 2.54. The SMILES string of the molecule is Cc1cc(N2CCCCC2)n2nc(-c3ccccc3F)nc2n1. The van der Waals surface area contributed by atoms with Crippen LogP contribution in [0.1, 0.15) is 25.0 Å². The minimum absolute atomic E-state index is 0.320. The Labute approximate surface area is 133 Å². The van der Waals surface area contributed by atoms with Crippen LogP contribution in [0.25, 0.3) is 17.2 Å². The molecule has 5 nitrogen and oxygen atoms in total. The number of nitrogens with zero attached hydrogens (tertiary/aromatic N) is 5. The lowest BCUT2D eigenvalue weighted by atomic mass is 10.1. The molecular weight excluding hydrogens is 293 g/mol. The molecule has 1 saturated heterocycles. The summed E-state index contributed by atoms with van der Waals surface area (Å²) >= 11 is 0. The van der Waals surface area contributed by atoms with Crippen LogP contribution in [0, 0.1) is 12.7 Å². The van der Waals surface area contributed by atoms with Crippen molar-refractivity contribution in [1.29, 1.82) is 0 Å². The van der Waals surface area contributed by atoms with Gasteiger partial charge >= 0.3 is 0 Å². The van der Waals surface area contributed by atoms with Crippen LogP contribution in [0.4, 0.5) is 10.2 Å². The minimum Gasteiger partial charge on any atom is -0.356 e. The molecule has 1 aliphatic heterocycles. The highest BCUT2D eigenvalue weighted by atomic mass is 19.1. The fraction of sp³-hybridized carbons (Fsp3) is 0.353. The van der Waals surface area contributed by atoms with Crippen LogP contribution >= 0.6 is 0 Å². The Balaban J connectivity index is 1.86. The van der Waals surface area contributed by atoms with E-state index in [1.165, 1.54) is 25.3 Å². The minimum atomic E-state index is -0.320. The molecule has 6 heteroatoms. The van der Waals surface area contributed by atoms with Crippen molar-refractivity contribution in [3.8, 4) is 11.4 Å². The van der Waals surface area contributed by atoms with Crippen molar-refractivity contribution in [1.82, 2.24) is 19.6 Å². The molecule has 1 aliphatic rings. The first-order valence-electron chi connectivity index (χ1n) is 7.96. The fourth-order valence-electron chi connectivity index (χ4n) is 3.07. The lowest BCUT2D eigenvalue weighted by molar-refractivity contribution is 0.568. The summed E-state index contributed by atoms with van der Waals surface area (Å²) in [7, 11) is 0. The number of benzene rings is 1. The second-order valence-electron chi connectivity index (χ2n) is 5.93. The molecule has 3 aromatic rings. The normalized spacial score (nSPS) is 15.3. The molecule has 0 radical (unpaired) electrons. The molecular formula is C17H18FN5. The molecule has 0 amide bonds. The summed E-state index contributed by atoms with van der Waals surface area (Å²) in [6, 6.07) is 8.59. The fourth-order valence-corrected chi connectivity index (χ4v) is 3.07. The van der Waals surface area contributed by atoms with E-state index < -0.39 is 0 Å². The van der Waals surface area contributed by atoms with Crippen molar-refractivity contribution in [3.63, 3.8) is 0 Å². The molecule has 0 aliphatic carbocycles. The van der Waals surface area contributed by atoms with Crippen LogP contribution in [-0.2, 0) is 0 Å². The molecule has 118 valence electrons. The predicted molar refractivity (Wildman–Crippen MR) is 87.0 cm³/mol. The highest BCUT2D eigenvalue weighted by Gasteiger charge is 2.18. The van der Waals surface area contributed by atoms with Crippen LogP contribution in [0.3, 0.4) is 0 Å². The van der Waals surface area contributed by atoms with Gasteiger partial charge < -0.3 is 4.90 Å². The smallest absolute Gasteiger partial charge is 0.254 e. The van der Waals surface area contributed by atoms with Gasteiger partial charge in [0.05, 0.1) is 5.56 Å². The zero-order valence-electron chi connectivity index (χ0n) is 13.0. The lowest BCUT2D eigenvalue weighted by Crippen LogP contribution is -2.31. The topological polar surface area (TPSA) is 46.3 Å². The first-order valence-corrected chi connectivity index (χ1v) is 7.96. The van der Waals surface area contributed by atoms with Gasteiger partial charge in [-0.3, -0.25) is 0 Å². The molecule has 2 aromatic heterocycles. The summed E-state index contributed by atoms with van der Waals surface area (Å²) in [6.45, 7) is 3.96. The van der Waals surface area contributed by atoms with E-state index in [-0.39, 0.29) is 5.82 Å². The van der Waals surface area contributed by atoms with Gasteiger partial charge in [-0.25, -0.2) is 9.37 Å². The Hall–Kier alpha value is -2.50. The van der Waals surface area contributed by atoms with Gasteiger partial charge in [0.15, 0.2) is 5.82 Å². The van der Waals surface area contributed by atoms with Crippen molar-refractivity contribution < 1.29 is 4.39 Å². The first-order chi connectivity index (χ1) is 11.2. The number of anilines is 1. The third-order valence-electron chi connectivity index (χ3n) is 4.22. The molecule has 0 bridgehead atoms. The van der Waals surface area contributed by atoms with E-state index in [4.69, 9.17) is 0 Å². The Morgan fingerprint density at radius 2 is 1.83 bits per heavy atom. The van der Waals surface area contributed by atoms with E-state index in [9.17, 15) is 4.39 Å². The zero-order valence-corrected chi connectivity index (χ0v) is 13.0. The van der Waals surface area contributed by atoms with Crippen LogP contribution in [0.15, 0.2) is 30.3 Å². The van der Waals surface area contributed by atoms with Crippen LogP contribution in [0.2, 0.25) is 0 Å². The Morgan fingerprint density at radius 3 is 2.61 bits per heavy atom. The second-order valence-corrected chi connectivity index (χ2v) is 5.93. The summed E-state index contributed by atoms with van der Waals surface area (Å²) in [5.41, 5.74) is 1.30. The van der Waals surface area contributed by atoms with Crippen molar-refractivity contribution in [3.05, 3.63) is 41.8 Å². The van der Waals surface area contributed by atoms with Gasteiger partial charge in [-0.2, -0.15) is 9.50 Å². The van der Waals surface area contributed by atoms with Gasteiger partial charge in [0.2, 0.25) is 0 Å². The monoisotopic (exact) mass is 311 g/mol. The quantitative estimate of drug-likeness (QED) is 0.729. The number of aryl methyl sites for hydroxylation is 1. The van der Waals surface area contributed by atoms with Gasteiger partial charge in [0.25, 0.3) is 5.78 Å². The number of hydrogen-bond acceptors (Lipinski definition) is 4. The van der Waals surface area contributed by atoms with Crippen LogP contribution < -0.4 is 4.90 Å². The van der Waals surface area contributed by atoms with E-state index in [0.29, 0.717) is 17.2 Å². The van der Waals surface area contributed by atoms with E-state index >= 15 is 0 Å². The maximum absolute atomic E-state index is 14.0. The maximum Gasteiger partial charge on any atom is 0.254 e. The molecule has 0 spiro atoms. The first kappa shape index (κ1) is 14.1. The number of rotatable bonds is 2. The molecule has 3 heterocycles. The zero-order chi connectivity index (χ0) is 15.8. The molecule has 23 heavy (non-hydrogen) atoms. The number of piperidine rings is 1. The summed E-state index contributed by atoms with van der Waals surface area (Å²) in [6.07, 6.45) is 3.62. The molecule has 0 unspecified atom stereocenters. The average molecular weight is 311 g/mol. The Morgan fingerprint density at radius 1 is 1.04 bits per heavy atom. The third-order valence-corrected chi connectivity index (χ3v) is 4.22. The maximum atomic E-state index is 14.0. The van der Waals surface area contributed by atoms with E-state index in [1.807, 2.05) is 13.0 Å². The highest BCUT2D eigenvalue weighted by molar-refractivity contribution is 5.59. The van der Waals surface area contributed by atoms with Gasteiger partial charge in [0, 0.05) is 24.8 Å². The molecule has 1 fully saturated rings. The number of halogens is 1. The van der Waals surface area contributed by atoms with Crippen molar-refractivity contribution in [2.45, 2.75) is 26.2 Å². The summed E-state index contributed by atoms with van der Waals surface area (Å²) in [5, 5.41) is 4.52. The van der Waals surface area contributed by atoms with Gasteiger partial charge in [-0.05, 0) is 38.3 Å². The molecule has 0 atom stereocenters. The number of aromatic nitrogens is 4. The highest BCUT2D eigenvalue weighted by Crippen LogP contribution is 2.24. The summed E-state index contributed by atoms with van der Waals surface area (Å²) in [5.74, 6) is 1.56. The molecule has 0 saturated carbocycles. The summed E-state index contributed by atoms with van der Waals surface area (Å²) < 4.78 is 15.8. The van der Waals surface area contributed by atoms with E-state index in [0.717, 1.165) is 24.6 Å². The van der Waals surface area contributed by atoms with Crippen LogP contribution in [0.5, 0.6) is 0 Å². The number of fused-ring (bicyclic) bond motifs is 1. The number of hydrogen-bond donors (Lipinski definition) is 0. The second kappa shape index (κ2) is 5.61. The van der Waals surface area contributed by atoms with Gasteiger partial charge in [-0.1, -0.05) is 12.1 Å². The van der Waals surface area contributed by atoms with E-state index in [2.05, 4.69) is 20.0 Å². The van der Waals surface area contributed by atoms with Gasteiger partial charge in [-0.15, -0.1) is 5.10 Å². The molecule has 4 rings (SSSR count). The molecule has 0 N–H and O–H groups in total. The van der Waals surface area contributed by atoms with E-state index in [1.54, 1.807) is 22.7 Å². The van der Waals surface area contributed by atoms with Crippen molar-refractivity contribution in [2.24, 2.45) is 0 Å². The predicted octanol–water partition coefficient (Wildman–Crippen LogP) is 3.23. The Kier molecular flexibility index (Phi) is 3.44.